The lowest BCUT2D eigenvalue weighted by Gasteiger charge is -2.42. The second kappa shape index (κ2) is 11.3. The topological polar surface area (TPSA) is 95.9 Å². The summed E-state index contributed by atoms with van der Waals surface area (Å²) >= 11 is 0. The molecule has 1 aliphatic carbocycles. The Morgan fingerprint density at radius 3 is 2.79 bits per heavy atom. The highest BCUT2D eigenvalue weighted by Gasteiger charge is 2.49. The van der Waals surface area contributed by atoms with Gasteiger partial charge in [-0.2, -0.15) is 9.97 Å². The number of hydrogen-bond acceptors (Lipinski definition) is 9. The highest BCUT2D eigenvalue weighted by Crippen LogP contribution is 2.46. The fourth-order valence-electron chi connectivity index (χ4n) is 8.74. The number of phenolic OH excluding ortho intramolecular Hbond substituents is 1. The number of aryl methyl sites for hydroxylation is 1. The van der Waals surface area contributed by atoms with E-state index in [1.165, 1.54) is 18.2 Å². The number of benzene rings is 2. The van der Waals surface area contributed by atoms with Crippen molar-refractivity contribution < 1.29 is 27.8 Å². The average molecular weight is 661 g/mol. The van der Waals surface area contributed by atoms with Gasteiger partial charge in [0.05, 0.1) is 22.7 Å². The zero-order valence-electron chi connectivity index (χ0n) is 26.9. The molecule has 9 nitrogen and oxygen atoms in total. The number of anilines is 1. The number of hydrogen-bond donors (Lipinski definition) is 2. The second-order valence-electron chi connectivity index (χ2n) is 14.2. The molecule has 0 radical (unpaired) electrons. The second-order valence-corrected chi connectivity index (χ2v) is 14.2. The van der Waals surface area contributed by atoms with Crippen LogP contribution in [-0.4, -0.2) is 87.6 Å². The number of piperazine rings is 1. The summed E-state index contributed by atoms with van der Waals surface area (Å²) in [5, 5.41) is 15.8. The summed E-state index contributed by atoms with van der Waals surface area (Å²) in [7, 11) is 0. The van der Waals surface area contributed by atoms with E-state index in [4.69, 9.17) is 24.4 Å². The van der Waals surface area contributed by atoms with Crippen molar-refractivity contribution in [3.05, 3.63) is 41.6 Å². The Bertz CT molecular complexity index is 1940. The van der Waals surface area contributed by atoms with E-state index in [2.05, 4.69) is 22.0 Å². The molecule has 4 aliphatic heterocycles. The maximum Gasteiger partial charge on any atom is 0.319 e. The third-order valence-electron chi connectivity index (χ3n) is 11.1. The van der Waals surface area contributed by atoms with Crippen LogP contribution in [0.5, 0.6) is 17.5 Å². The molecule has 4 fully saturated rings. The van der Waals surface area contributed by atoms with Gasteiger partial charge in [0, 0.05) is 49.1 Å². The van der Waals surface area contributed by atoms with Crippen LogP contribution in [0.3, 0.4) is 0 Å². The van der Waals surface area contributed by atoms with E-state index < -0.39 is 23.3 Å². The first-order valence-electron chi connectivity index (χ1n) is 17.4. The number of ether oxygens (including phenoxy) is 2. The van der Waals surface area contributed by atoms with E-state index >= 15 is 8.78 Å². The number of fused-ring (bicyclic) bond motifs is 4. The van der Waals surface area contributed by atoms with E-state index in [0.29, 0.717) is 53.6 Å². The van der Waals surface area contributed by atoms with Crippen LogP contribution >= 0.6 is 0 Å². The van der Waals surface area contributed by atoms with Crippen molar-refractivity contribution in [3.8, 4) is 28.8 Å². The Labute approximate surface area is 276 Å². The summed E-state index contributed by atoms with van der Waals surface area (Å²) in [4.78, 5) is 19.0. The summed E-state index contributed by atoms with van der Waals surface area (Å²) in [6.07, 6.45) is 5.01. The number of halogens is 3. The van der Waals surface area contributed by atoms with E-state index in [9.17, 15) is 9.50 Å². The highest BCUT2D eigenvalue weighted by molar-refractivity contribution is 6.04. The number of aromatic hydroxyl groups is 1. The lowest BCUT2D eigenvalue weighted by Crippen LogP contribution is -2.58. The SMILES string of the molecule is CC[C@@H]1NCCN2c3nc(OC[C@@]45CCCN4C[C@H](F)C5)nc4c(F)c(-c5cc(O)cc6ccc(F)c(OC7CC7)c56)nc(c34)CC[C@H]12. The zero-order chi connectivity index (χ0) is 32.7. The minimum atomic E-state index is -0.909. The molecule has 9 rings (SSSR count). The van der Waals surface area contributed by atoms with Crippen molar-refractivity contribution in [2.45, 2.75) is 88.2 Å². The zero-order valence-corrected chi connectivity index (χ0v) is 26.9. The van der Waals surface area contributed by atoms with Gasteiger partial charge in [0.1, 0.15) is 35.6 Å². The van der Waals surface area contributed by atoms with E-state index in [1.54, 1.807) is 6.07 Å². The largest absolute Gasteiger partial charge is 0.508 e. The molecule has 2 aromatic carbocycles. The first-order valence-corrected chi connectivity index (χ1v) is 17.4. The van der Waals surface area contributed by atoms with Crippen molar-refractivity contribution >= 4 is 27.5 Å². The molecule has 4 atom stereocenters. The van der Waals surface area contributed by atoms with Crippen LogP contribution in [-0.2, 0) is 6.42 Å². The third-order valence-corrected chi connectivity index (χ3v) is 11.1. The van der Waals surface area contributed by atoms with Crippen molar-refractivity contribution in [3.63, 3.8) is 0 Å². The number of pyridine rings is 1. The van der Waals surface area contributed by atoms with Gasteiger partial charge in [-0.25, -0.2) is 18.2 Å². The number of nitrogens with zero attached hydrogens (tertiary/aromatic N) is 5. The average Bonchev–Trinajstić information content (AvgIpc) is 3.77. The first-order chi connectivity index (χ1) is 23.3. The van der Waals surface area contributed by atoms with Gasteiger partial charge in [0.15, 0.2) is 17.4 Å². The number of phenols is 1. The van der Waals surface area contributed by atoms with E-state index in [-0.39, 0.29) is 59.1 Å². The standard InChI is InChI=1S/C36H39F3N6O3/c1-2-25-27-9-8-26-29-32(30(39)31(41-26)23-15-21(46)14-19-4-7-24(38)33(28(19)23)48-22-5-6-22)42-35(43-34(29)45(27)13-11-40-25)47-18-36-10-3-12-44(36)17-20(37)16-36/h4,7,14-15,20,22,25,27,40,46H,2-3,5-6,8-13,16-18H2,1H3/t20-,25+,27-,36+/m1/s1. The highest BCUT2D eigenvalue weighted by atomic mass is 19.1. The summed E-state index contributed by atoms with van der Waals surface area (Å²) < 4.78 is 59.5. The molecule has 6 heterocycles. The molecule has 0 amide bonds. The molecule has 252 valence electrons. The fraction of sp³-hybridized carbons (Fsp3) is 0.528. The van der Waals surface area contributed by atoms with Gasteiger partial charge in [0.2, 0.25) is 0 Å². The lowest BCUT2D eigenvalue weighted by atomic mass is 9.95. The van der Waals surface area contributed by atoms with Crippen molar-refractivity contribution in [1.29, 1.82) is 0 Å². The minimum absolute atomic E-state index is 0.0293. The molecule has 3 saturated heterocycles. The third kappa shape index (κ3) is 4.85. The van der Waals surface area contributed by atoms with Crippen LogP contribution < -0.4 is 19.7 Å². The molecule has 48 heavy (non-hydrogen) atoms. The van der Waals surface area contributed by atoms with Crippen LogP contribution in [0, 0.1) is 11.6 Å². The maximum absolute atomic E-state index is 17.2. The molecule has 5 aliphatic rings. The molecule has 4 aromatic rings. The van der Waals surface area contributed by atoms with Gasteiger partial charge < -0.3 is 24.8 Å². The van der Waals surface area contributed by atoms with Crippen LogP contribution in [0.1, 0.15) is 57.6 Å². The van der Waals surface area contributed by atoms with Gasteiger partial charge in [-0.1, -0.05) is 13.0 Å². The van der Waals surface area contributed by atoms with Gasteiger partial charge >= 0.3 is 6.01 Å². The molecular formula is C36H39F3N6O3. The van der Waals surface area contributed by atoms with Gasteiger partial charge in [-0.15, -0.1) is 0 Å². The minimum Gasteiger partial charge on any atom is -0.508 e. The Balaban J connectivity index is 1.23. The van der Waals surface area contributed by atoms with Gasteiger partial charge in [-0.3, -0.25) is 4.90 Å². The van der Waals surface area contributed by atoms with Crippen LogP contribution in [0.2, 0.25) is 0 Å². The monoisotopic (exact) mass is 660 g/mol. The van der Waals surface area contributed by atoms with Crippen molar-refractivity contribution in [1.82, 2.24) is 25.2 Å². The Morgan fingerprint density at radius 2 is 1.96 bits per heavy atom. The quantitative estimate of drug-likeness (QED) is 0.254. The smallest absolute Gasteiger partial charge is 0.319 e. The number of alkyl halides is 1. The fourth-order valence-corrected chi connectivity index (χ4v) is 8.74. The predicted molar refractivity (Wildman–Crippen MR) is 176 cm³/mol. The first kappa shape index (κ1) is 30.2. The predicted octanol–water partition coefficient (Wildman–Crippen LogP) is 5.83. The summed E-state index contributed by atoms with van der Waals surface area (Å²) in [5.41, 5.74) is 0.472. The number of nitrogens with one attached hydrogen (secondary N) is 1. The number of aromatic nitrogens is 3. The molecule has 2 aromatic heterocycles. The molecule has 0 spiro atoms. The Kier molecular flexibility index (Phi) is 7.13. The van der Waals surface area contributed by atoms with Crippen LogP contribution in [0.15, 0.2) is 24.3 Å². The molecular weight excluding hydrogens is 621 g/mol. The Hall–Kier alpha value is -3.90. The maximum atomic E-state index is 17.2. The van der Waals surface area contributed by atoms with Crippen molar-refractivity contribution in [2.75, 3.05) is 37.7 Å². The van der Waals surface area contributed by atoms with Gasteiger partial charge in [0.25, 0.3) is 0 Å². The molecule has 2 N–H and O–H groups in total. The number of rotatable bonds is 7. The lowest BCUT2D eigenvalue weighted by molar-refractivity contribution is 0.107. The summed E-state index contributed by atoms with van der Waals surface area (Å²) in [6, 6.07) is 6.14. The summed E-state index contributed by atoms with van der Waals surface area (Å²) in [6.45, 7) is 5.01. The molecule has 12 heteroatoms. The van der Waals surface area contributed by atoms with E-state index in [0.717, 1.165) is 51.6 Å². The normalized spacial score (nSPS) is 26.9. The Morgan fingerprint density at radius 1 is 1.08 bits per heavy atom. The van der Waals surface area contributed by atoms with Crippen molar-refractivity contribution in [2.24, 2.45) is 0 Å². The molecule has 0 bridgehead atoms. The molecule has 0 unspecified atom stereocenters. The van der Waals surface area contributed by atoms with Gasteiger partial charge in [-0.05, 0) is 75.1 Å². The van der Waals surface area contributed by atoms with E-state index in [1.807, 2.05) is 0 Å². The van der Waals surface area contributed by atoms with Crippen LogP contribution in [0.25, 0.3) is 32.9 Å². The summed E-state index contributed by atoms with van der Waals surface area (Å²) in [5.74, 6) is -0.745. The molecule has 1 saturated carbocycles. The van der Waals surface area contributed by atoms with Crippen LogP contribution in [0.4, 0.5) is 19.0 Å².